The van der Waals surface area contributed by atoms with Crippen LogP contribution in [0.5, 0.6) is 11.5 Å². The zero-order chi connectivity index (χ0) is 24.7. The fourth-order valence-corrected chi connectivity index (χ4v) is 3.98. The lowest BCUT2D eigenvalue weighted by molar-refractivity contribution is -0.137. The number of benzene rings is 3. The van der Waals surface area contributed by atoms with Crippen molar-refractivity contribution in [3.05, 3.63) is 83.9 Å². The minimum absolute atomic E-state index is 0.204. The molecule has 3 aromatic carbocycles. The summed E-state index contributed by atoms with van der Waals surface area (Å²) in [5.74, 6) is 1.43. The molecule has 0 bridgehead atoms. The van der Waals surface area contributed by atoms with Crippen LogP contribution in [0.25, 0.3) is 6.08 Å². The van der Waals surface area contributed by atoms with Crippen molar-refractivity contribution in [1.82, 2.24) is 0 Å². The first-order valence-electron chi connectivity index (χ1n) is 11.5. The second kappa shape index (κ2) is 11.1. The number of hydrogen-bond acceptors (Lipinski definition) is 4. The first kappa shape index (κ1) is 24.4. The van der Waals surface area contributed by atoms with Gasteiger partial charge < -0.3 is 14.8 Å². The predicted octanol–water partition coefficient (Wildman–Crippen LogP) is 8.19. The molecule has 0 heterocycles. The van der Waals surface area contributed by atoms with Crippen molar-refractivity contribution >= 4 is 29.4 Å². The summed E-state index contributed by atoms with van der Waals surface area (Å²) in [5.41, 5.74) is 2.10. The van der Waals surface area contributed by atoms with Gasteiger partial charge in [-0.2, -0.15) is 13.2 Å². The van der Waals surface area contributed by atoms with Crippen LogP contribution in [0.3, 0.4) is 0 Å². The monoisotopic (exact) mass is 480 g/mol. The molecule has 0 radical (unpaired) electrons. The Hall–Kier alpha value is -3.74. The highest BCUT2D eigenvalue weighted by Crippen LogP contribution is 2.36. The number of para-hydroxylation sites is 3. The standard InChI is InChI=1S/C28H27F3N2O2/c1-34-26-14-6-8-20(27(26)35-23-10-2-3-11-23)9-7-19-32-24-12-4-5-13-25(24)33-22-17-15-21(16-18-22)28(29,30)31/h4-9,12-19,23,33H,2-3,10-11H2,1H3. The Bertz CT molecular complexity index is 1180. The van der Waals surface area contributed by atoms with E-state index in [4.69, 9.17) is 9.47 Å². The van der Waals surface area contributed by atoms with Crippen molar-refractivity contribution in [3.63, 3.8) is 0 Å². The second-order valence-corrected chi connectivity index (χ2v) is 8.26. The van der Waals surface area contributed by atoms with Gasteiger partial charge >= 0.3 is 6.18 Å². The summed E-state index contributed by atoms with van der Waals surface area (Å²) < 4.78 is 50.2. The Kier molecular flexibility index (Phi) is 7.75. The van der Waals surface area contributed by atoms with Crippen molar-refractivity contribution in [1.29, 1.82) is 0 Å². The summed E-state index contributed by atoms with van der Waals surface area (Å²) in [5, 5.41) is 3.13. The number of halogens is 3. The van der Waals surface area contributed by atoms with E-state index in [1.54, 1.807) is 13.3 Å². The molecule has 1 fully saturated rings. The summed E-state index contributed by atoms with van der Waals surface area (Å²) in [4.78, 5) is 4.52. The van der Waals surface area contributed by atoms with Gasteiger partial charge in [0.2, 0.25) is 0 Å². The predicted molar refractivity (Wildman–Crippen MR) is 134 cm³/mol. The van der Waals surface area contributed by atoms with Crippen molar-refractivity contribution in [2.24, 2.45) is 4.99 Å². The maximum atomic E-state index is 12.8. The first-order chi connectivity index (χ1) is 16.9. The maximum Gasteiger partial charge on any atom is 0.416 e. The van der Waals surface area contributed by atoms with Crippen LogP contribution in [0.15, 0.2) is 77.8 Å². The molecule has 0 aliphatic heterocycles. The van der Waals surface area contributed by atoms with Crippen LogP contribution >= 0.6 is 0 Å². The normalized spacial score (nSPS) is 14.6. The molecule has 0 atom stereocenters. The molecule has 0 unspecified atom stereocenters. The van der Waals surface area contributed by atoms with Crippen LogP contribution in [0.1, 0.15) is 36.8 Å². The van der Waals surface area contributed by atoms with Gasteiger partial charge in [-0.1, -0.05) is 24.3 Å². The Morgan fingerprint density at radius 1 is 0.943 bits per heavy atom. The number of ether oxygens (including phenoxy) is 2. The van der Waals surface area contributed by atoms with E-state index < -0.39 is 11.7 Å². The van der Waals surface area contributed by atoms with Crippen LogP contribution in [0.4, 0.5) is 30.2 Å². The quantitative estimate of drug-likeness (QED) is 0.331. The third-order valence-corrected chi connectivity index (χ3v) is 5.79. The SMILES string of the molecule is COc1cccc(C=CC=Nc2ccccc2Nc2ccc(C(F)(F)F)cc2)c1OC1CCCC1. The summed E-state index contributed by atoms with van der Waals surface area (Å²) in [6, 6.07) is 18.0. The van der Waals surface area contributed by atoms with Crippen LogP contribution in [0.2, 0.25) is 0 Å². The average Bonchev–Trinajstić information content (AvgIpc) is 3.36. The highest BCUT2D eigenvalue weighted by Gasteiger charge is 2.30. The smallest absolute Gasteiger partial charge is 0.416 e. The summed E-state index contributed by atoms with van der Waals surface area (Å²) in [6.45, 7) is 0. The molecule has 1 aliphatic rings. The van der Waals surface area contributed by atoms with Crippen LogP contribution < -0.4 is 14.8 Å². The molecule has 0 saturated heterocycles. The van der Waals surface area contributed by atoms with Crippen molar-refractivity contribution in [2.45, 2.75) is 38.0 Å². The fraction of sp³-hybridized carbons (Fsp3) is 0.250. The number of rotatable bonds is 8. The van der Waals surface area contributed by atoms with E-state index in [0.29, 0.717) is 22.8 Å². The molecule has 7 heteroatoms. The maximum absolute atomic E-state index is 12.8. The summed E-state index contributed by atoms with van der Waals surface area (Å²) >= 11 is 0. The van der Waals surface area contributed by atoms with Gasteiger partial charge in [-0.15, -0.1) is 0 Å². The van der Waals surface area contributed by atoms with E-state index in [9.17, 15) is 13.2 Å². The minimum Gasteiger partial charge on any atom is -0.493 e. The average molecular weight is 481 g/mol. The van der Waals surface area contributed by atoms with Crippen LogP contribution in [-0.4, -0.2) is 19.4 Å². The third-order valence-electron chi connectivity index (χ3n) is 5.79. The molecular weight excluding hydrogens is 453 g/mol. The third kappa shape index (κ3) is 6.44. The van der Waals surface area contributed by atoms with Crippen molar-refractivity contribution in [3.8, 4) is 11.5 Å². The molecule has 4 rings (SSSR count). The van der Waals surface area contributed by atoms with E-state index >= 15 is 0 Å². The van der Waals surface area contributed by atoms with Gasteiger partial charge in [0.25, 0.3) is 0 Å². The fourth-order valence-electron chi connectivity index (χ4n) is 3.98. The van der Waals surface area contributed by atoms with E-state index in [1.807, 2.05) is 54.6 Å². The number of nitrogens with zero attached hydrogens (tertiary/aromatic N) is 1. The molecule has 0 spiro atoms. The van der Waals surface area contributed by atoms with Gasteiger partial charge in [0, 0.05) is 17.5 Å². The summed E-state index contributed by atoms with van der Waals surface area (Å²) in [6.07, 6.45) is 5.71. The van der Waals surface area contributed by atoms with Gasteiger partial charge in [0.1, 0.15) is 0 Å². The lowest BCUT2D eigenvalue weighted by Gasteiger charge is -2.17. The molecule has 1 N–H and O–H groups in total. The molecule has 4 nitrogen and oxygen atoms in total. The largest absolute Gasteiger partial charge is 0.493 e. The van der Waals surface area contributed by atoms with Gasteiger partial charge in [0.15, 0.2) is 11.5 Å². The lowest BCUT2D eigenvalue weighted by Crippen LogP contribution is -2.12. The number of aliphatic imine (C=N–C) groups is 1. The highest BCUT2D eigenvalue weighted by atomic mass is 19.4. The first-order valence-corrected chi connectivity index (χ1v) is 11.5. The van der Waals surface area contributed by atoms with Gasteiger partial charge in [-0.3, -0.25) is 4.99 Å². The lowest BCUT2D eigenvalue weighted by atomic mass is 10.1. The molecule has 0 aromatic heterocycles. The number of alkyl halides is 3. The Morgan fingerprint density at radius 2 is 1.69 bits per heavy atom. The zero-order valence-corrected chi connectivity index (χ0v) is 19.4. The Balaban J connectivity index is 1.48. The van der Waals surface area contributed by atoms with Gasteiger partial charge in [-0.05, 0) is 80.3 Å². The van der Waals surface area contributed by atoms with Crippen LogP contribution in [0, 0.1) is 0 Å². The Morgan fingerprint density at radius 3 is 2.40 bits per heavy atom. The molecule has 35 heavy (non-hydrogen) atoms. The van der Waals surface area contributed by atoms with E-state index in [0.717, 1.165) is 36.3 Å². The molecule has 1 aliphatic carbocycles. The van der Waals surface area contributed by atoms with E-state index in [2.05, 4.69) is 10.3 Å². The second-order valence-electron chi connectivity index (χ2n) is 8.26. The molecule has 1 saturated carbocycles. The van der Waals surface area contributed by atoms with E-state index in [1.165, 1.54) is 25.0 Å². The van der Waals surface area contributed by atoms with E-state index in [-0.39, 0.29) is 6.10 Å². The number of hydrogen-bond donors (Lipinski definition) is 1. The number of allylic oxidation sites excluding steroid dienone is 1. The van der Waals surface area contributed by atoms with Crippen molar-refractivity contribution < 1.29 is 22.6 Å². The van der Waals surface area contributed by atoms with Crippen molar-refractivity contribution in [2.75, 3.05) is 12.4 Å². The van der Waals surface area contributed by atoms with Gasteiger partial charge in [-0.25, -0.2) is 0 Å². The Labute approximate surface area is 203 Å². The number of nitrogens with one attached hydrogen (secondary N) is 1. The topological polar surface area (TPSA) is 42.8 Å². The minimum atomic E-state index is -4.36. The number of anilines is 2. The number of methoxy groups -OCH3 is 1. The zero-order valence-electron chi connectivity index (χ0n) is 19.4. The molecule has 182 valence electrons. The molecule has 0 amide bonds. The summed E-state index contributed by atoms with van der Waals surface area (Å²) in [7, 11) is 1.63. The molecular formula is C28H27F3N2O2. The molecule has 3 aromatic rings. The van der Waals surface area contributed by atoms with Gasteiger partial charge in [0.05, 0.1) is 30.2 Å². The van der Waals surface area contributed by atoms with Crippen LogP contribution in [-0.2, 0) is 6.18 Å². The highest BCUT2D eigenvalue weighted by molar-refractivity contribution is 5.84.